The molecule has 0 saturated heterocycles. The zero-order valence-corrected chi connectivity index (χ0v) is 10.9. The third-order valence-corrected chi connectivity index (χ3v) is 3.36. The highest BCUT2D eigenvalue weighted by molar-refractivity contribution is 5.79. The minimum Gasteiger partial charge on any atom is -0.361 e. The van der Waals surface area contributed by atoms with Crippen molar-refractivity contribution < 1.29 is 0 Å². The molecule has 2 heterocycles. The second-order valence-corrected chi connectivity index (χ2v) is 4.76. The van der Waals surface area contributed by atoms with E-state index in [9.17, 15) is 0 Å². The fourth-order valence-corrected chi connectivity index (χ4v) is 2.22. The van der Waals surface area contributed by atoms with Gasteiger partial charge in [-0.25, -0.2) is 0 Å². The molecule has 0 saturated carbocycles. The summed E-state index contributed by atoms with van der Waals surface area (Å²) < 4.78 is 0. The summed E-state index contributed by atoms with van der Waals surface area (Å²) in [6.45, 7) is 2.98. The van der Waals surface area contributed by atoms with Gasteiger partial charge >= 0.3 is 0 Å². The van der Waals surface area contributed by atoms with Gasteiger partial charge in [0, 0.05) is 30.5 Å². The maximum Gasteiger partial charge on any atom is 0.0570 e. The van der Waals surface area contributed by atoms with Crippen molar-refractivity contribution in [2.45, 2.75) is 19.5 Å². The Hall–Kier alpha value is -2.13. The van der Waals surface area contributed by atoms with Crippen molar-refractivity contribution in [1.29, 1.82) is 0 Å². The molecule has 2 N–H and O–H groups in total. The number of pyridine rings is 1. The molecular formula is C16H17N3. The summed E-state index contributed by atoms with van der Waals surface area (Å²) in [5.74, 6) is 0. The Balaban J connectivity index is 1.68. The summed E-state index contributed by atoms with van der Waals surface area (Å²) in [4.78, 5) is 7.57. The number of rotatable bonds is 4. The molecule has 0 aliphatic heterocycles. The normalized spacial score (nSPS) is 12.7. The van der Waals surface area contributed by atoms with Gasteiger partial charge in [-0.2, -0.15) is 0 Å². The Morgan fingerprint density at radius 3 is 3.00 bits per heavy atom. The van der Waals surface area contributed by atoms with Crippen molar-refractivity contribution in [1.82, 2.24) is 15.3 Å². The van der Waals surface area contributed by atoms with Crippen molar-refractivity contribution in [2.75, 3.05) is 0 Å². The summed E-state index contributed by atoms with van der Waals surface area (Å²) in [5.41, 5.74) is 3.54. The van der Waals surface area contributed by atoms with Crippen LogP contribution < -0.4 is 5.32 Å². The van der Waals surface area contributed by atoms with Crippen molar-refractivity contribution in [3.63, 3.8) is 0 Å². The summed E-state index contributed by atoms with van der Waals surface area (Å²) >= 11 is 0. The largest absolute Gasteiger partial charge is 0.361 e. The van der Waals surface area contributed by atoms with E-state index in [1.165, 1.54) is 16.5 Å². The second-order valence-electron chi connectivity index (χ2n) is 4.76. The maximum absolute atomic E-state index is 4.37. The average Bonchev–Trinajstić information content (AvgIpc) is 2.93. The van der Waals surface area contributed by atoms with E-state index in [0.717, 1.165) is 12.2 Å². The number of H-pyrrole nitrogens is 1. The molecule has 0 aliphatic carbocycles. The molecule has 2 aromatic heterocycles. The lowest BCUT2D eigenvalue weighted by molar-refractivity contribution is 0.562. The molecule has 1 aromatic carbocycles. The molecule has 19 heavy (non-hydrogen) atoms. The molecule has 1 unspecified atom stereocenters. The van der Waals surface area contributed by atoms with Crippen LogP contribution in [0.3, 0.4) is 0 Å². The van der Waals surface area contributed by atoms with Crippen LogP contribution in [-0.4, -0.2) is 9.97 Å². The number of benzene rings is 1. The lowest BCUT2D eigenvalue weighted by atomic mass is 10.1. The standard InChI is InChI=1S/C16H17N3/c1-12(15-4-2-3-8-17-15)19-11-13-5-6-16-14(10-13)7-9-18-16/h2-10,12,18-19H,11H2,1H3. The Kier molecular flexibility index (Phi) is 3.29. The maximum atomic E-state index is 4.37. The van der Waals surface area contributed by atoms with Crippen molar-refractivity contribution in [2.24, 2.45) is 0 Å². The van der Waals surface area contributed by atoms with E-state index in [-0.39, 0.29) is 6.04 Å². The predicted octanol–water partition coefficient (Wildman–Crippen LogP) is 3.41. The molecular weight excluding hydrogens is 234 g/mol. The third-order valence-electron chi connectivity index (χ3n) is 3.36. The first-order valence-corrected chi connectivity index (χ1v) is 6.53. The van der Waals surface area contributed by atoms with Crippen molar-refractivity contribution in [3.8, 4) is 0 Å². The number of aromatic amines is 1. The summed E-state index contributed by atoms with van der Waals surface area (Å²) in [7, 11) is 0. The van der Waals surface area contributed by atoms with E-state index >= 15 is 0 Å². The SMILES string of the molecule is CC(NCc1ccc2[nH]ccc2c1)c1ccccn1. The van der Waals surface area contributed by atoms with Gasteiger partial charge in [-0.3, -0.25) is 4.98 Å². The first-order chi connectivity index (χ1) is 9.33. The van der Waals surface area contributed by atoms with Crippen LogP contribution in [0.1, 0.15) is 24.2 Å². The fraction of sp³-hybridized carbons (Fsp3) is 0.188. The number of nitrogens with one attached hydrogen (secondary N) is 2. The molecule has 3 nitrogen and oxygen atoms in total. The molecule has 1 atom stereocenters. The van der Waals surface area contributed by atoms with E-state index in [1.54, 1.807) is 0 Å². The molecule has 0 bridgehead atoms. The van der Waals surface area contributed by atoms with Crippen LogP contribution in [0.25, 0.3) is 10.9 Å². The molecule has 0 spiro atoms. The van der Waals surface area contributed by atoms with Gasteiger partial charge in [0.15, 0.2) is 0 Å². The van der Waals surface area contributed by atoms with Gasteiger partial charge in [0.25, 0.3) is 0 Å². The molecule has 0 amide bonds. The van der Waals surface area contributed by atoms with Crippen LogP contribution in [-0.2, 0) is 6.54 Å². The van der Waals surface area contributed by atoms with E-state index in [4.69, 9.17) is 0 Å². The molecule has 3 rings (SSSR count). The first kappa shape index (κ1) is 11.9. The van der Waals surface area contributed by atoms with E-state index < -0.39 is 0 Å². The molecule has 0 fully saturated rings. The highest BCUT2D eigenvalue weighted by Gasteiger charge is 2.05. The Labute approximate surface area is 112 Å². The van der Waals surface area contributed by atoms with Gasteiger partial charge < -0.3 is 10.3 Å². The number of hydrogen-bond donors (Lipinski definition) is 2. The van der Waals surface area contributed by atoms with Crippen LogP contribution in [0.5, 0.6) is 0 Å². The number of nitrogens with zero attached hydrogens (tertiary/aromatic N) is 1. The number of fused-ring (bicyclic) bond motifs is 1. The Morgan fingerprint density at radius 1 is 1.21 bits per heavy atom. The van der Waals surface area contributed by atoms with Crippen LogP contribution in [0, 0.1) is 0 Å². The average molecular weight is 251 g/mol. The highest BCUT2D eigenvalue weighted by atomic mass is 14.9. The van der Waals surface area contributed by atoms with E-state index in [0.29, 0.717) is 0 Å². The fourth-order valence-electron chi connectivity index (χ4n) is 2.22. The predicted molar refractivity (Wildman–Crippen MR) is 77.8 cm³/mol. The van der Waals surface area contributed by atoms with Crippen LogP contribution in [0.15, 0.2) is 54.9 Å². The zero-order valence-electron chi connectivity index (χ0n) is 10.9. The van der Waals surface area contributed by atoms with Crippen molar-refractivity contribution in [3.05, 3.63) is 66.1 Å². The van der Waals surface area contributed by atoms with Crippen LogP contribution in [0.4, 0.5) is 0 Å². The zero-order chi connectivity index (χ0) is 13.1. The van der Waals surface area contributed by atoms with Gasteiger partial charge in [-0.1, -0.05) is 12.1 Å². The molecule has 3 heteroatoms. The molecule has 0 aliphatic rings. The third kappa shape index (κ3) is 2.66. The molecule has 3 aromatic rings. The van der Waals surface area contributed by atoms with E-state index in [2.05, 4.69) is 46.5 Å². The quantitative estimate of drug-likeness (QED) is 0.746. The van der Waals surface area contributed by atoms with Crippen LogP contribution >= 0.6 is 0 Å². The van der Waals surface area contributed by atoms with E-state index in [1.807, 2.05) is 30.6 Å². The lowest BCUT2D eigenvalue weighted by Gasteiger charge is -2.13. The Bertz CT molecular complexity index is 658. The summed E-state index contributed by atoms with van der Waals surface area (Å²) in [6.07, 6.45) is 3.80. The van der Waals surface area contributed by atoms with Gasteiger partial charge in [-0.15, -0.1) is 0 Å². The second kappa shape index (κ2) is 5.24. The lowest BCUT2D eigenvalue weighted by Crippen LogP contribution is -2.18. The van der Waals surface area contributed by atoms with Gasteiger partial charge in [-0.05, 0) is 48.2 Å². The highest BCUT2D eigenvalue weighted by Crippen LogP contribution is 2.15. The smallest absolute Gasteiger partial charge is 0.0570 e. The number of aromatic nitrogens is 2. The number of hydrogen-bond acceptors (Lipinski definition) is 2. The van der Waals surface area contributed by atoms with Gasteiger partial charge in [0.05, 0.1) is 5.69 Å². The van der Waals surface area contributed by atoms with Gasteiger partial charge in [0.1, 0.15) is 0 Å². The minimum atomic E-state index is 0.253. The van der Waals surface area contributed by atoms with Crippen LogP contribution in [0.2, 0.25) is 0 Å². The first-order valence-electron chi connectivity index (χ1n) is 6.53. The van der Waals surface area contributed by atoms with Gasteiger partial charge in [0.2, 0.25) is 0 Å². The molecule has 0 radical (unpaired) electrons. The molecule has 96 valence electrons. The minimum absolute atomic E-state index is 0.253. The topological polar surface area (TPSA) is 40.7 Å². The van der Waals surface area contributed by atoms with Crippen molar-refractivity contribution >= 4 is 10.9 Å². The summed E-state index contributed by atoms with van der Waals surface area (Å²) in [5, 5.41) is 4.75. The summed E-state index contributed by atoms with van der Waals surface area (Å²) in [6, 6.07) is 14.8. The monoisotopic (exact) mass is 251 g/mol. The Morgan fingerprint density at radius 2 is 2.16 bits per heavy atom.